The summed E-state index contributed by atoms with van der Waals surface area (Å²) < 4.78 is 10.3. The number of anilines is 1. The number of esters is 1. The molecular weight excluding hydrogens is 386 g/mol. The van der Waals surface area contributed by atoms with Crippen molar-refractivity contribution in [1.82, 2.24) is 5.16 Å². The number of oxime groups is 1. The summed E-state index contributed by atoms with van der Waals surface area (Å²) >= 11 is 0. The second-order valence-corrected chi connectivity index (χ2v) is 7.04. The van der Waals surface area contributed by atoms with Gasteiger partial charge in [-0.3, -0.25) is 0 Å². The van der Waals surface area contributed by atoms with Gasteiger partial charge in [-0.2, -0.15) is 0 Å². The first-order valence-electron chi connectivity index (χ1n) is 9.36. The number of methoxy groups -OCH3 is 1. The fraction of sp³-hybridized carbons (Fsp3) is 0.227. The van der Waals surface area contributed by atoms with Crippen LogP contribution in [0.25, 0.3) is 11.3 Å². The number of nitrogen functional groups attached to an aromatic ring is 1. The minimum absolute atomic E-state index is 0.0338. The molecule has 0 bridgehead atoms. The minimum Gasteiger partial charge on any atom is -0.466 e. The molecule has 0 spiro atoms. The Balaban J connectivity index is 1.76. The van der Waals surface area contributed by atoms with Crippen molar-refractivity contribution in [3.8, 4) is 11.3 Å². The zero-order valence-electron chi connectivity index (χ0n) is 16.5. The fourth-order valence-electron chi connectivity index (χ4n) is 3.63. The van der Waals surface area contributed by atoms with E-state index >= 15 is 0 Å². The largest absolute Gasteiger partial charge is 0.466 e. The van der Waals surface area contributed by atoms with Gasteiger partial charge in [-0.1, -0.05) is 58.8 Å². The molecule has 0 amide bonds. The Labute approximate surface area is 172 Å². The van der Waals surface area contributed by atoms with Crippen LogP contribution in [0.4, 0.5) is 5.69 Å². The van der Waals surface area contributed by atoms with E-state index in [2.05, 4.69) is 10.3 Å². The number of hydrogen-bond acceptors (Lipinski definition) is 8. The number of carbonyl (C=O) groups excluding carboxylic acids is 1. The molecule has 8 heteroatoms. The van der Waals surface area contributed by atoms with Crippen molar-refractivity contribution in [2.45, 2.75) is 25.0 Å². The Hall–Kier alpha value is -3.65. The SMILES string of the molecule is COC(=O)[C@@]1([C@@H](O)c2c(-c3ccccc3)noc2C)CC(c2ccccc2N)=NO1. The van der Waals surface area contributed by atoms with Crippen molar-refractivity contribution < 1.29 is 24.0 Å². The van der Waals surface area contributed by atoms with Gasteiger partial charge in [-0.15, -0.1) is 0 Å². The average molecular weight is 407 g/mol. The first-order valence-corrected chi connectivity index (χ1v) is 9.36. The molecule has 0 radical (unpaired) electrons. The van der Waals surface area contributed by atoms with Crippen LogP contribution in [0.3, 0.4) is 0 Å². The number of aliphatic hydroxyl groups excluding tert-OH is 1. The van der Waals surface area contributed by atoms with Gasteiger partial charge in [0.05, 0.1) is 24.8 Å². The number of rotatable bonds is 5. The summed E-state index contributed by atoms with van der Waals surface area (Å²) in [5.41, 5.74) is 7.29. The van der Waals surface area contributed by atoms with Gasteiger partial charge in [0, 0.05) is 16.8 Å². The molecular formula is C22H21N3O5. The maximum absolute atomic E-state index is 12.8. The quantitative estimate of drug-likeness (QED) is 0.493. The number of ether oxygens (including phenoxy) is 1. The highest BCUT2D eigenvalue weighted by Crippen LogP contribution is 2.43. The van der Waals surface area contributed by atoms with E-state index in [1.165, 1.54) is 7.11 Å². The van der Waals surface area contributed by atoms with Crippen molar-refractivity contribution in [3.63, 3.8) is 0 Å². The molecule has 4 rings (SSSR count). The van der Waals surface area contributed by atoms with Crippen molar-refractivity contribution in [3.05, 3.63) is 71.5 Å². The Morgan fingerprint density at radius 2 is 1.90 bits per heavy atom. The van der Waals surface area contributed by atoms with Gasteiger partial charge >= 0.3 is 5.97 Å². The summed E-state index contributed by atoms with van der Waals surface area (Å²) in [6.45, 7) is 1.66. The van der Waals surface area contributed by atoms with Crippen molar-refractivity contribution in [1.29, 1.82) is 0 Å². The summed E-state index contributed by atoms with van der Waals surface area (Å²) in [6, 6.07) is 16.3. The predicted molar refractivity (Wildman–Crippen MR) is 109 cm³/mol. The number of hydrogen-bond donors (Lipinski definition) is 2. The lowest BCUT2D eigenvalue weighted by molar-refractivity contribution is -0.182. The predicted octanol–water partition coefficient (Wildman–Crippen LogP) is 3.00. The highest BCUT2D eigenvalue weighted by atomic mass is 16.7. The number of aliphatic hydroxyl groups is 1. The van der Waals surface area contributed by atoms with Crippen LogP contribution in [0.1, 0.15) is 29.4 Å². The van der Waals surface area contributed by atoms with Crippen LogP contribution >= 0.6 is 0 Å². The first kappa shape index (κ1) is 19.7. The molecule has 1 aliphatic rings. The lowest BCUT2D eigenvalue weighted by Gasteiger charge is -2.29. The number of aryl methyl sites for hydroxylation is 1. The van der Waals surface area contributed by atoms with Crippen LogP contribution in [0.15, 0.2) is 64.3 Å². The van der Waals surface area contributed by atoms with E-state index in [4.69, 9.17) is 19.8 Å². The second kappa shape index (κ2) is 7.64. The molecule has 3 aromatic rings. The summed E-state index contributed by atoms with van der Waals surface area (Å²) in [6.07, 6.45) is -1.48. The third kappa shape index (κ3) is 3.11. The molecule has 8 nitrogen and oxygen atoms in total. The molecule has 3 N–H and O–H groups in total. The molecule has 0 saturated carbocycles. The first-order chi connectivity index (χ1) is 14.5. The molecule has 0 unspecified atom stereocenters. The lowest BCUT2D eigenvalue weighted by Crippen LogP contribution is -2.46. The standard InChI is InChI=1S/C22H21N3O5/c1-13-18(19(25-29-13)14-8-4-3-5-9-14)20(26)22(21(27)28-2)12-17(24-30-22)15-10-6-7-11-16(15)23/h3-11,20,26H,12,23H2,1-2H3/t20-,22-/m0/s1. The van der Waals surface area contributed by atoms with Crippen molar-refractivity contribution in [2.75, 3.05) is 12.8 Å². The van der Waals surface area contributed by atoms with Gasteiger partial charge in [0.15, 0.2) is 0 Å². The van der Waals surface area contributed by atoms with Gasteiger partial charge < -0.3 is 24.9 Å². The van der Waals surface area contributed by atoms with E-state index in [1.54, 1.807) is 31.2 Å². The molecule has 1 aromatic heterocycles. The number of para-hydroxylation sites is 1. The molecule has 0 fully saturated rings. The molecule has 2 aromatic carbocycles. The number of aromatic nitrogens is 1. The molecule has 0 aliphatic carbocycles. The summed E-state index contributed by atoms with van der Waals surface area (Å²) in [7, 11) is 1.23. The maximum Gasteiger partial charge on any atom is 0.356 e. The van der Waals surface area contributed by atoms with E-state index in [0.29, 0.717) is 34.0 Å². The van der Waals surface area contributed by atoms with Crippen molar-refractivity contribution in [2.24, 2.45) is 5.16 Å². The molecule has 2 atom stereocenters. The van der Waals surface area contributed by atoms with Crippen LogP contribution in [-0.4, -0.2) is 34.7 Å². The van der Waals surface area contributed by atoms with E-state index in [0.717, 1.165) is 5.56 Å². The zero-order valence-corrected chi connectivity index (χ0v) is 16.5. The van der Waals surface area contributed by atoms with Gasteiger partial charge in [0.25, 0.3) is 5.60 Å². The molecule has 0 saturated heterocycles. The Bertz CT molecular complexity index is 1110. The number of nitrogens with two attached hydrogens (primary N) is 1. The number of carbonyl (C=O) groups is 1. The third-order valence-electron chi connectivity index (χ3n) is 5.22. The molecule has 30 heavy (non-hydrogen) atoms. The summed E-state index contributed by atoms with van der Waals surface area (Å²) in [4.78, 5) is 18.4. The van der Waals surface area contributed by atoms with Gasteiger partial charge in [-0.05, 0) is 13.0 Å². The van der Waals surface area contributed by atoms with E-state index in [1.807, 2.05) is 30.3 Å². The van der Waals surface area contributed by atoms with Crippen LogP contribution in [0, 0.1) is 6.92 Å². The number of benzene rings is 2. The minimum atomic E-state index is -1.80. The highest BCUT2D eigenvalue weighted by Gasteiger charge is 2.56. The van der Waals surface area contributed by atoms with E-state index < -0.39 is 17.7 Å². The zero-order chi connectivity index (χ0) is 21.3. The normalized spacial score (nSPS) is 19.1. The maximum atomic E-state index is 12.8. The Kier molecular flexibility index (Phi) is 5.01. The summed E-state index contributed by atoms with van der Waals surface area (Å²) in [5, 5.41) is 19.6. The molecule has 154 valence electrons. The highest BCUT2D eigenvalue weighted by molar-refractivity contribution is 6.08. The van der Waals surface area contributed by atoms with Crippen LogP contribution in [-0.2, 0) is 14.4 Å². The van der Waals surface area contributed by atoms with Crippen LogP contribution in [0.2, 0.25) is 0 Å². The Morgan fingerprint density at radius 1 is 1.20 bits per heavy atom. The van der Waals surface area contributed by atoms with Crippen LogP contribution in [0.5, 0.6) is 0 Å². The van der Waals surface area contributed by atoms with Gasteiger partial charge in [0.1, 0.15) is 17.6 Å². The van der Waals surface area contributed by atoms with Gasteiger partial charge in [0.2, 0.25) is 0 Å². The topological polar surface area (TPSA) is 120 Å². The second-order valence-electron chi connectivity index (χ2n) is 7.04. The summed E-state index contributed by atoms with van der Waals surface area (Å²) in [5.74, 6) is -0.399. The van der Waals surface area contributed by atoms with Gasteiger partial charge in [-0.25, -0.2) is 4.79 Å². The molecule has 2 heterocycles. The third-order valence-corrected chi connectivity index (χ3v) is 5.22. The fourth-order valence-corrected chi connectivity index (χ4v) is 3.63. The Morgan fingerprint density at radius 3 is 2.60 bits per heavy atom. The van der Waals surface area contributed by atoms with E-state index in [9.17, 15) is 9.90 Å². The monoisotopic (exact) mass is 407 g/mol. The van der Waals surface area contributed by atoms with E-state index in [-0.39, 0.29) is 6.42 Å². The number of nitrogens with zero attached hydrogens (tertiary/aromatic N) is 2. The lowest BCUT2D eigenvalue weighted by atomic mass is 9.83. The van der Waals surface area contributed by atoms with Crippen LogP contribution < -0.4 is 5.73 Å². The smallest absolute Gasteiger partial charge is 0.356 e. The molecule has 1 aliphatic heterocycles. The van der Waals surface area contributed by atoms with Crippen molar-refractivity contribution >= 4 is 17.4 Å². The average Bonchev–Trinajstić information content (AvgIpc) is 3.39.